The van der Waals surface area contributed by atoms with Crippen molar-refractivity contribution in [3.8, 4) is 34.3 Å². The molecule has 10 heteroatoms. The van der Waals surface area contributed by atoms with Crippen LogP contribution in [-0.2, 0) is 4.79 Å². The van der Waals surface area contributed by atoms with Crippen molar-refractivity contribution in [3.63, 3.8) is 0 Å². The average molecular weight is 540 g/mol. The highest BCUT2D eigenvalue weighted by Gasteiger charge is 2.18. The number of hydrogen-bond donors (Lipinski definition) is 2. The van der Waals surface area contributed by atoms with E-state index in [1.54, 1.807) is 20.3 Å². The third-order valence-electron chi connectivity index (χ3n) is 5.98. The van der Waals surface area contributed by atoms with Gasteiger partial charge in [-0.05, 0) is 65.4 Å². The Morgan fingerprint density at radius 3 is 2.36 bits per heavy atom. The lowest BCUT2D eigenvalue weighted by molar-refractivity contribution is -0.118. The van der Waals surface area contributed by atoms with Crippen LogP contribution in [0.5, 0.6) is 17.2 Å². The number of thioether (sulfide) groups is 1. The summed E-state index contributed by atoms with van der Waals surface area (Å²) in [5, 5.41) is 25.5. The smallest absolute Gasteiger partial charge is 0.250 e. The Morgan fingerprint density at radius 1 is 0.949 bits per heavy atom. The maximum atomic E-state index is 12.6. The molecule has 1 aromatic heterocycles. The maximum Gasteiger partial charge on any atom is 0.250 e. The molecular weight excluding hydrogens is 514 g/mol. The molecule has 0 fully saturated rings. The molecule has 9 nitrogen and oxygen atoms in total. The first-order valence-electron chi connectivity index (χ1n) is 12.0. The summed E-state index contributed by atoms with van der Waals surface area (Å²) in [6, 6.07) is 26.1. The molecule has 0 atom stereocenters. The molecule has 196 valence electrons. The molecule has 0 unspecified atom stereocenters. The first kappa shape index (κ1) is 25.8. The van der Waals surface area contributed by atoms with Crippen LogP contribution >= 0.6 is 11.8 Å². The highest BCUT2D eigenvalue weighted by atomic mass is 32.2. The van der Waals surface area contributed by atoms with Gasteiger partial charge in [0.05, 0.1) is 26.2 Å². The monoisotopic (exact) mass is 539 g/mol. The number of rotatable bonds is 9. The quantitative estimate of drug-likeness (QED) is 0.153. The first-order chi connectivity index (χ1) is 19.1. The van der Waals surface area contributed by atoms with Crippen molar-refractivity contribution in [2.75, 3.05) is 20.0 Å². The van der Waals surface area contributed by atoms with Gasteiger partial charge in [0.25, 0.3) is 5.91 Å². The van der Waals surface area contributed by atoms with Crippen molar-refractivity contribution in [2.45, 2.75) is 5.16 Å². The predicted molar refractivity (Wildman–Crippen MR) is 152 cm³/mol. The standard InChI is InChI=1S/C29H25N5O4S/c1-37-22-12-7-20(8-13-22)28-32-33-29(34(28)21-10-14-23(38-2)15-11-21)39-18-27(36)31-30-17-25-24-6-4-3-5-19(24)9-16-26(25)35/h3-17,35H,18H2,1-2H3,(H,31,36)/b30-17+. The Balaban J connectivity index is 1.34. The number of phenols is 1. The fourth-order valence-electron chi connectivity index (χ4n) is 4.01. The number of methoxy groups -OCH3 is 2. The Bertz CT molecular complexity index is 1630. The highest BCUT2D eigenvalue weighted by molar-refractivity contribution is 7.99. The van der Waals surface area contributed by atoms with E-state index in [9.17, 15) is 9.90 Å². The number of benzene rings is 4. The summed E-state index contributed by atoms with van der Waals surface area (Å²) < 4.78 is 12.5. The topological polar surface area (TPSA) is 111 Å². The number of nitrogens with zero attached hydrogens (tertiary/aromatic N) is 4. The molecular formula is C29H25N5O4S. The zero-order chi connectivity index (χ0) is 27.2. The zero-order valence-corrected chi connectivity index (χ0v) is 22.1. The van der Waals surface area contributed by atoms with E-state index in [-0.39, 0.29) is 17.4 Å². The Hall–Kier alpha value is -4.83. The van der Waals surface area contributed by atoms with Gasteiger partial charge < -0.3 is 14.6 Å². The SMILES string of the molecule is COc1ccc(-c2nnc(SCC(=O)N/N=C/c3c(O)ccc4ccccc34)n2-c2ccc(OC)cc2)cc1. The Morgan fingerprint density at radius 2 is 1.64 bits per heavy atom. The Kier molecular flexibility index (Phi) is 7.74. The second kappa shape index (κ2) is 11.7. The van der Waals surface area contributed by atoms with Crippen LogP contribution in [0.25, 0.3) is 27.8 Å². The van der Waals surface area contributed by atoms with Gasteiger partial charge in [-0.2, -0.15) is 5.10 Å². The van der Waals surface area contributed by atoms with E-state index in [1.165, 1.54) is 18.0 Å². The molecule has 39 heavy (non-hydrogen) atoms. The van der Waals surface area contributed by atoms with Gasteiger partial charge in [-0.25, -0.2) is 5.43 Å². The average Bonchev–Trinajstić information content (AvgIpc) is 3.41. The normalized spacial score (nSPS) is 11.1. The minimum atomic E-state index is -0.328. The van der Waals surface area contributed by atoms with E-state index in [1.807, 2.05) is 83.4 Å². The number of ether oxygens (including phenoxy) is 2. The van der Waals surface area contributed by atoms with E-state index >= 15 is 0 Å². The lowest BCUT2D eigenvalue weighted by Crippen LogP contribution is -2.20. The number of aromatic nitrogens is 3. The van der Waals surface area contributed by atoms with Crippen molar-refractivity contribution in [1.82, 2.24) is 20.2 Å². The molecule has 1 amide bonds. The van der Waals surface area contributed by atoms with Crippen molar-refractivity contribution in [2.24, 2.45) is 5.10 Å². The van der Waals surface area contributed by atoms with Gasteiger partial charge in [-0.1, -0.05) is 42.1 Å². The van der Waals surface area contributed by atoms with Crippen molar-refractivity contribution in [3.05, 3.63) is 90.5 Å². The fourth-order valence-corrected chi connectivity index (χ4v) is 4.75. The van der Waals surface area contributed by atoms with Crippen LogP contribution in [0, 0.1) is 0 Å². The van der Waals surface area contributed by atoms with Gasteiger partial charge >= 0.3 is 0 Å². The summed E-state index contributed by atoms with van der Waals surface area (Å²) in [5.41, 5.74) is 4.72. The van der Waals surface area contributed by atoms with Crippen molar-refractivity contribution >= 4 is 34.7 Å². The second-order valence-electron chi connectivity index (χ2n) is 8.37. The van der Waals surface area contributed by atoms with Crippen molar-refractivity contribution < 1.29 is 19.4 Å². The number of fused-ring (bicyclic) bond motifs is 1. The summed E-state index contributed by atoms with van der Waals surface area (Å²) in [7, 11) is 3.23. The lowest BCUT2D eigenvalue weighted by Gasteiger charge is -2.11. The van der Waals surface area contributed by atoms with E-state index in [0.29, 0.717) is 16.5 Å². The van der Waals surface area contributed by atoms with Gasteiger partial charge in [-0.3, -0.25) is 9.36 Å². The first-order valence-corrected chi connectivity index (χ1v) is 13.0. The van der Waals surface area contributed by atoms with Crippen LogP contribution in [0.4, 0.5) is 0 Å². The number of aromatic hydroxyl groups is 1. The van der Waals surface area contributed by atoms with Crippen LogP contribution in [0.1, 0.15) is 5.56 Å². The molecule has 0 saturated carbocycles. The van der Waals surface area contributed by atoms with Crippen LogP contribution in [0.15, 0.2) is 95.2 Å². The van der Waals surface area contributed by atoms with Crippen LogP contribution < -0.4 is 14.9 Å². The van der Waals surface area contributed by atoms with Crippen LogP contribution in [0.3, 0.4) is 0 Å². The summed E-state index contributed by atoms with van der Waals surface area (Å²) in [4.78, 5) is 12.6. The van der Waals surface area contributed by atoms with Crippen LogP contribution in [-0.4, -0.2) is 52.0 Å². The van der Waals surface area contributed by atoms with Crippen molar-refractivity contribution in [1.29, 1.82) is 0 Å². The van der Waals surface area contributed by atoms with E-state index in [0.717, 1.165) is 33.5 Å². The summed E-state index contributed by atoms with van der Waals surface area (Å²) >= 11 is 1.23. The lowest BCUT2D eigenvalue weighted by atomic mass is 10.0. The van der Waals surface area contributed by atoms with E-state index in [2.05, 4.69) is 20.7 Å². The van der Waals surface area contributed by atoms with Gasteiger partial charge in [0.15, 0.2) is 11.0 Å². The summed E-state index contributed by atoms with van der Waals surface area (Å²) in [6.07, 6.45) is 1.45. The van der Waals surface area contributed by atoms with E-state index < -0.39 is 0 Å². The molecule has 4 aromatic carbocycles. The minimum absolute atomic E-state index is 0.0513. The molecule has 5 rings (SSSR count). The zero-order valence-electron chi connectivity index (χ0n) is 21.2. The number of nitrogens with one attached hydrogen (secondary N) is 1. The number of amides is 1. The fraction of sp³-hybridized carbons (Fsp3) is 0.103. The molecule has 0 aliphatic carbocycles. The highest BCUT2D eigenvalue weighted by Crippen LogP contribution is 2.30. The second-order valence-corrected chi connectivity index (χ2v) is 9.31. The summed E-state index contributed by atoms with van der Waals surface area (Å²) in [6.45, 7) is 0. The molecule has 0 saturated heterocycles. The van der Waals surface area contributed by atoms with E-state index in [4.69, 9.17) is 9.47 Å². The number of carbonyl (C=O) groups is 1. The number of hydrogen-bond acceptors (Lipinski definition) is 8. The molecule has 0 spiro atoms. The predicted octanol–water partition coefficient (Wildman–Crippen LogP) is 5.05. The third-order valence-corrected chi connectivity index (χ3v) is 6.90. The molecule has 0 bridgehead atoms. The third kappa shape index (κ3) is 5.70. The Labute approximate surface area is 229 Å². The molecule has 5 aromatic rings. The van der Waals surface area contributed by atoms with Gasteiger partial charge in [0.2, 0.25) is 0 Å². The number of carbonyl (C=O) groups excluding carboxylic acids is 1. The molecule has 2 N–H and O–H groups in total. The van der Waals surface area contributed by atoms with Gasteiger partial charge in [-0.15, -0.1) is 10.2 Å². The largest absolute Gasteiger partial charge is 0.507 e. The number of phenolic OH excluding ortho intramolecular Hbond substituents is 1. The molecule has 0 aliphatic rings. The van der Waals surface area contributed by atoms with Gasteiger partial charge in [0.1, 0.15) is 17.2 Å². The maximum absolute atomic E-state index is 12.6. The molecule has 0 aliphatic heterocycles. The molecule has 1 heterocycles. The molecule has 0 radical (unpaired) electrons. The number of hydrazone groups is 1. The minimum Gasteiger partial charge on any atom is -0.507 e. The van der Waals surface area contributed by atoms with Crippen LogP contribution in [0.2, 0.25) is 0 Å². The summed E-state index contributed by atoms with van der Waals surface area (Å²) in [5.74, 6) is 1.89. The van der Waals surface area contributed by atoms with Gasteiger partial charge in [0, 0.05) is 16.8 Å².